The maximum absolute atomic E-state index is 12.2. The first-order valence-electron chi connectivity index (χ1n) is 8.68. The van der Waals surface area contributed by atoms with Crippen LogP contribution in [0.15, 0.2) is 23.1 Å². The van der Waals surface area contributed by atoms with E-state index in [9.17, 15) is 14.7 Å². The lowest BCUT2D eigenvalue weighted by Crippen LogP contribution is -2.37. The summed E-state index contributed by atoms with van der Waals surface area (Å²) in [5.74, 6) is -0.161. The quantitative estimate of drug-likeness (QED) is 0.906. The average molecular weight is 338 g/mol. The first-order chi connectivity index (χ1) is 12.1. The molecule has 4 heterocycles. The lowest BCUT2D eigenvalue weighted by Gasteiger charge is -2.36. The van der Waals surface area contributed by atoms with E-state index in [0.717, 1.165) is 48.6 Å². The fraction of sp³-hybridized carbons (Fsp3) is 0.368. The Kier molecular flexibility index (Phi) is 2.98. The molecule has 0 aliphatic carbocycles. The van der Waals surface area contributed by atoms with Crippen molar-refractivity contribution in [1.82, 2.24) is 4.57 Å². The highest BCUT2D eigenvalue weighted by Gasteiger charge is 2.31. The minimum Gasteiger partial charge on any atom is -0.491 e. The third-order valence-electron chi connectivity index (χ3n) is 5.51. The molecule has 0 bridgehead atoms. The molecule has 0 saturated carbocycles. The van der Waals surface area contributed by atoms with Gasteiger partial charge in [-0.1, -0.05) is 0 Å². The molecular formula is C19H18N2O4. The highest BCUT2D eigenvalue weighted by atomic mass is 16.5. The van der Waals surface area contributed by atoms with E-state index in [-0.39, 0.29) is 5.56 Å². The minimum absolute atomic E-state index is 0.167. The van der Waals surface area contributed by atoms with Crippen molar-refractivity contribution < 1.29 is 14.6 Å². The van der Waals surface area contributed by atoms with Gasteiger partial charge in [0.2, 0.25) is 0 Å². The van der Waals surface area contributed by atoms with Crippen LogP contribution in [-0.2, 0) is 19.4 Å². The summed E-state index contributed by atoms with van der Waals surface area (Å²) in [6.07, 6.45) is 4.40. The molecule has 3 aliphatic heterocycles. The molecule has 1 N–H and O–H groups in total. The minimum atomic E-state index is -1.17. The van der Waals surface area contributed by atoms with Crippen molar-refractivity contribution in [3.05, 3.63) is 45.2 Å². The molecular weight excluding hydrogens is 320 g/mol. The van der Waals surface area contributed by atoms with Gasteiger partial charge in [0.25, 0.3) is 0 Å². The molecule has 1 aromatic heterocycles. The summed E-state index contributed by atoms with van der Waals surface area (Å²) < 4.78 is 7.82. The van der Waals surface area contributed by atoms with Crippen molar-refractivity contribution in [3.63, 3.8) is 0 Å². The standard InChI is InChI=1S/C19H18N2O4/c22-17-9-15-13-8-16(20-4-1-5-20)18-12(3-7-25-18)11(13)2-6-21(15)10-14(17)19(23)24/h8-10H,1-7H2,(H,23,24). The smallest absolute Gasteiger partial charge is 0.341 e. The van der Waals surface area contributed by atoms with E-state index >= 15 is 0 Å². The van der Waals surface area contributed by atoms with Gasteiger partial charge in [-0.15, -0.1) is 0 Å². The number of fused-ring (bicyclic) bond motifs is 5. The van der Waals surface area contributed by atoms with Gasteiger partial charge in [0.1, 0.15) is 11.3 Å². The Morgan fingerprint density at radius 3 is 2.68 bits per heavy atom. The topological polar surface area (TPSA) is 71.8 Å². The summed E-state index contributed by atoms with van der Waals surface area (Å²) >= 11 is 0. The molecule has 0 spiro atoms. The lowest BCUT2D eigenvalue weighted by molar-refractivity contribution is 0.0694. The monoisotopic (exact) mass is 338 g/mol. The molecule has 0 radical (unpaired) electrons. The van der Waals surface area contributed by atoms with E-state index in [4.69, 9.17) is 4.74 Å². The van der Waals surface area contributed by atoms with Gasteiger partial charge >= 0.3 is 5.97 Å². The van der Waals surface area contributed by atoms with Gasteiger partial charge in [0, 0.05) is 49.4 Å². The molecule has 0 amide bonds. The molecule has 2 aromatic rings. The number of aromatic carboxylic acids is 1. The summed E-state index contributed by atoms with van der Waals surface area (Å²) in [6, 6.07) is 3.60. The number of anilines is 1. The number of ether oxygens (including phenoxy) is 1. The third kappa shape index (κ3) is 2.03. The Morgan fingerprint density at radius 2 is 1.96 bits per heavy atom. The van der Waals surface area contributed by atoms with E-state index in [1.807, 2.05) is 4.57 Å². The fourth-order valence-corrected chi connectivity index (χ4v) is 4.11. The molecule has 6 nitrogen and oxygen atoms in total. The fourth-order valence-electron chi connectivity index (χ4n) is 4.11. The van der Waals surface area contributed by atoms with Crippen LogP contribution in [0.1, 0.15) is 27.9 Å². The normalized spacial score (nSPS) is 17.2. The first kappa shape index (κ1) is 14.6. The number of pyridine rings is 1. The predicted octanol–water partition coefficient (Wildman–Crippen LogP) is 1.91. The van der Waals surface area contributed by atoms with Gasteiger partial charge in [-0.25, -0.2) is 4.79 Å². The second-order valence-corrected chi connectivity index (χ2v) is 6.85. The number of rotatable bonds is 2. The van der Waals surface area contributed by atoms with Crippen molar-refractivity contribution in [2.75, 3.05) is 24.6 Å². The molecule has 3 aliphatic rings. The zero-order valence-electron chi connectivity index (χ0n) is 13.7. The van der Waals surface area contributed by atoms with E-state index in [0.29, 0.717) is 13.2 Å². The summed E-state index contributed by atoms with van der Waals surface area (Å²) in [5.41, 5.74) is 4.88. The number of hydrogen-bond acceptors (Lipinski definition) is 4. The summed E-state index contributed by atoms with van der Waals surface area (Å²) in [6.45, 7) is 3.44. The van der Waals surface area contributed by atoms with Crippen molar-refractivity contribution in [2.45, 2.75) is 25.8 Å². The first-order valence-corrected chi connectivity index (χ1v) is 8.68. The summed E-state index contributed by atoms with van der Waals surface area (Å²) in [4.78, 5) is 25.8. The van der Waals surface area contributed by atoms with E-state index in [1.54, 1.807) is 0 Å². The molecule has 1 aromatic carbocycles. The Labute approximate surface area is 144 Å². The number of aryl methyl sites for hydroxylation is 1. The van der Waals surface area contributed by atoms with Crippen molar-refractivity contribution in [3.8, 4) is 17.0 Å². The van der Waals surface area contributed by atoms with Crippen LogP contribution in [0.3, 0.4) is 0 Å². The summed E-state index contributed by atoms with van der Waals surface area (Å²) in [7, 11) is 0. The molecule has 6 heteroatoms. The molecule has 1 fully saturated rings. The summed E-state index contributed by atoms with van der Waals surface area (Å²) in [5, 5.41) is 9.21. The van der Waals surface area contributed by atoms with Crippen LogP contribution in [0, 0.1) is 0 Å². The second-order valence-electron chi connectivity index (χ2n) is 6.85. The van der Waals surface area contributed by atoms with Gasteiger partial charge in [-0.3, -0.25) is 4.79 Å². The SMILES string of the molecule is O=C(O)c1cn2c(cc1=O)-c1cc(N3CCC3)c3c(c1CC2)CCO3. The van der Waals surface area contributed by atoms with Gasteiger partial charge in [-0.2, -0.15) is 0 Å². The van der Waals surface area contributed by atoms with Crippen LogP contribution in [-0.4, -0.2) is 35.3 Å². The largest absolute Gasteiger partial charge is 0.491 e. The van der Waals surface area contributed by atoms with Gasteiger partial charge in [0.05, 0.1) is 18.0 Å². The van der Waals surface area contributed by atoms with Crippen LogP contribution in [0.5, 0.6) is 5.75 Å². The Bertz CT molecular complexity index is 972. The van der Waals surface area contributed by atoms with Crippen LogP contribution in [0.4, 0.5) is 5.69 Å². The molecule has 25 heavy (non-hydrogen) atoms. The predicted molar refractivity (Wildman–Crippen MR) is 92.8 cm³/mol. The van der Waals surface area contributed by atoms with E-state index in [2.05, 4.69) is 11.0 Å². The number of nitrogens with zero attached hydrogens (tertiary/aromatic N) is 2. The van der Waals surface area contributed by atoms with Crippen molar-refractivity contribution >= 4 is 11.7 Å². The van der Waals surface area contributed by atoms with Crippen LogP contribution >= 0.6 is 0 Å². The molecule has 0 unspecified atom stereocenters. The number of carboxylic acid groups (broad SMARTS) is 1. The maximum Gasteiger partial charge on any atom is 0.341 e. The Balaban J connectivity index is 1.75. The number of benzene rings is 1. The van der Waals surface area contributed by atoms with Crippen molar-refractivity contribution in [2.24, 2.45) is 0 Å². The maximum atomic E-state index is 12.2. The number of carbonyl (C=O) groups is 1. The van der Waals surface area contributed by atoms with E-state index in [1.165, 1.54) is 29.8 Å². The molecule has 5 rings (SSSR count). The molecule has 1 saturated heterocycles. The van der Waals surface area contributed by atoms with Crippen LogP contribution < -0.4 is 15.1 Å². The number of carboxylic acids is 1. The van der Waals surface area contributed by atoms with Crippen LogP contribution in [0.2, 0.25) is 0 Å². The average Bonchev–Trinajstić information content (AvgIpc) is 3.02. The van der Waals surface area contributed by atoms with Crippen LogP contribution in [0.25, 0.3) is 11.3 Å². The molecule has 0 atom stereocenters. The van der Waals surface area contributed by atoms with Crippen molar-refractivity contribution in [1.29, 1.82) is 0 Å². The lowest BCUT2D eigenvalue weighted by atomic mass is 9.89. The van der Waals surface area contributed by atoms with E-state index < -0.39 is 11.4 Å². The second kappa shape index (κ2) is 5.12. The zero-order chi connectivity index (χ0) is 17.1. The zero-order valence-corrected chi connectivity index (χ0v) is 13.7. The Hall–Kier alpha value is -2.76. The van der Waals surface area contributed by atoms with Gasteiger partial charge < -0.3 is 19.3 Å². The number of aromatic nitrogens is 1. The highest BCUT2D eigenvalue weighted by molar-refractivity contribution is 5.88. The molecule has 128 valence electrons. The third-order valence-corrected chi connectivity index (χ3v) is 5.51. The van der Waals surface area contributed by atoms with Gasteiger partial charge in [0.15, 0.2) is 5.43 Å². The highest BCUT2D eigenvalue weighted by Crippen LogP contribution is 2.46. The Morgan fingerprint density at radius 1 is 1.12 bits per heavy atom. The number of hydrogen-bond donors (Lipinski definition) is 1. The van der Waals surface area contributed by atoms with Gasteiger partial charge in [-0.05, 0) is 24.5 Å².